The predicted octanol–water partition coefficient (Wildman–Crippen LogP) is 3.39. The summed E-state index contributed by atoms with van der Waals surface area (Å²) in [5.41, 5.74) is 3.49. The van der Waals surface area contributed by atoms with E-state index in [0.29, 0.717) is 5.56 Å². The van der Waals surface area contributed by atoms with Gasteiger partial charge in [0.2, 0.25) is 0 Å². The fourth-order valence-electron chi connectivity index (χ4n) is 2.31. The normalized spacial score (nSPS) is 10.8. The van der Waals surface area contributed by atoms with Gasteiger partial charge < -0.3 is 5.32 Å². The summed E-state index contributed by atoms with van der Waals surface area (Å²) in [4.78, 5) is 12.3. The third-order valence-electron chi connectivity index (χ3n) is 3.50. The number of anilines is 1. The van der Waals surface area contributed by atoms with Crippen molar-refractivity contribution in [2.24, 2.45) is 7.05 Å². The fourth-order valence-corrected chi connectivity index (χ4v) is 2.31. The highest BCUT2D eigenvalue weighted by molar-refractivity contribution is 6.06. The molecule has 21 heavy (non-hydrogen) atoms. The minimum absolute atomic E-state index is 0.119. The Hall–Kier alpha value is -2.62. The average molecular weight is 279 g/mol. The minimum atomic E-state index is -0.119. The molecule has 4 heteroatoms. The lowest BCUT2D eigenvalue weighted by molar-refractivity contribution is 0.102. The van der Waals surface area contributed by atoms with Crippen LogP contribution in [0.4, 0.5) is 5.69 Å². The Labute approximate surface area is 123 Å². The summed E-state index contributed by atoms with van der Waals surface area (Å²) in [5.74, 6) is -0.119. The summed E-state index contributed by atoms with van der Waals surface area (Å²) in [7, 11) is 1.87. The lowest BCUT2D eigenvalue weighted by Crippen LogP contribution is -2.11. The quantitative estimate of drug-likeness (QED) is 0.799. The van der Waals surface area contributed by atoms with E-state index in [1.54, 1.807) is 4.68 Å². The van der Waals surface area contributed by atoms with Crippen LogP contribution >= 0.6 is 0 Å². The number of rotatable bonds is 3. The molecular weight excluding hydrogens is 262 g/mol. The van der Waals surface area contributed by atoms with Crippen LogP contribution in [0.25, 0.3) is 10.9 Å². The fraction of sp³-hybridized carbons (Fsp3) is 0.176. The first kappa shape index (κ1) is 13.4. The number of hydrogen-bond acceptors (Lipinski definition) is 2. The highest BCUT2D eigenvalue weighted by Gasteiger charge is 2.08. The van der Waals surface area contributed by atoms with Gasteiger partial charge in [0.05, 0.1) is 5.52 Å². The molecule has 0 spiro atoms. The minimum Gasteiger partial charge on any atom is -0.322 e. The number of aryl methyl sites for hydroxylation is 2. The van der Waals surface area contributed by atoms with Crippen molar-refractivity contribution >= 4 is 22.5 Å². The van der Waals surface area contributed by atoms with Gasteiger partial charge in [-0.2, -0.15) is 5.10 Å². The maximum Gasteiger partial charge on any atom is 0.255 e. The summed E-state index contributed by atoms with van der Waals surface area (Å²) in [5, 5.41) is 8.26. The van der Waals surface area contributed by atoms with E-state index >= 15 is 0 Å². The molecule has 3 rings (SSSR count). The van der Waals surface area contributed by atoms with Crippen LogP contribution in [0, 0.1) is 0 Å². The van der Waals surface area contributed by atoms with Gasteiger partial charge in [-0.1, -0.05) is 25.1 Å². The number of fused-ring (bicyclic) bond motifs is 1. The molecule has 0 unspecified atom stereocenters. The molecule has 0 fully saturated rings. The molecule has 1 N–H and O–H groups in total. The standard InChI is InChI=1S/C17H17N3O/c1-3-12-4-8-15(9-5-12)18-17(21)13-6-7-14-11-20(2)19-16(14)10-13/h4-11H,3H2,1-2H3,(H,18,21). The molecule has 3 aromatic rings. The predicted molar refractivity (Wildman–Crippen MR) is 84.5 cm³/mol. The van der Waals surface area contributed by atoms with E-state index in [1.807, 2.05) is 55.7 Å². The lowest BCUT2D eigenvalue weighted by atomic mass is 10.1. The van der Waals surface area contributed by atoms with E-state index in [-0.39, 0.29) is 5.91 Å². The zero-order valence-electron chi connectivity index (χ0n) is 12.1. The second-order valence-electron chi connectivity index (χ2n) is 5.08. The first-order valence-corrected chi connectivity index (χ1v) is 6.99. The molecule has 0 saturated carbocycles. The number of nitrogens with one attached hydrogen (secondary N) is 1. The summed E-state index contributed by atoms with van der Waals surface area (Å²) in [6, 6.07) is 13.4. The van der Waals surface area contributed by atoms with Gasteiger partial charge in [-0.3, -0.25) is 9.48 Å². The third-order valence-corrected chi connectivity index (χ3v) is 3.50. The average Bonchev–Trinajstić information content (AvgIpc) is 2.87. The summed E-state index contributed by atoms with van der Waals surface area (Å²) in [6.07, 6.45) is 2.92. The summed E-state index contributed by atoms with van der Waals surface area (Å²) < 4.78 is 1.75. The molecule has 2 aromatic carbocycles. The Bertz CT molecular complexity index is 787. The summed E-state index contributed by atoms with van der Waals surface area (Å²) >= 11 is 0. The van der Waals surface area contributed by atoms with E-state index in [0.717, 1.165) is 23.0 Å². The Morgan fingerprint density at radius 3 is 2.67 bits per heavy atom. The zero-order chi connectivity index (χ0) is 14.8. The van der Waals surface area contributed by atoms with Crippen LogP contribution in [0.2, 0.25) is 0 Å². The van der Waals surface area contributed by atoms with Gasteiger partial charge in [-0.05, 0) is 36.2 Å². The second kappa shape index (κ2) is 5.40. The van der Waals surface area contributed by atoms with E-state index < -0.39 is 0 Å². The molecule has 0 radical (unpaired) electrons. The Balaban J connectivity index is 1.82. The van der Waals surface area contributed by atoms with Gasteiger partial charge in [0.15, 0.2) is 0 Å². The van der Waals surface area contributed by atoms with Gasteiger partial charge in [0.25, 0.3) is 5.91 Å². The number of benzene rings is 2. The molecule has 0 saturated heterocycles. The van der Waals surface area contributed by atoms with Crippen LogP contribution < -0.4 is 5.32 Å². The second-order valence-corrected chi connectivity index (χ2v) is 5.08. The number of hydrogen-bond donors (Lipinski definition) is 1. The smallest absolute Gasteiger partial charge is 0.255 e. The molecule has 106 valence electrons. The van der Waals surface area contributed by atoms with Crippen molar-refractivity contribution in [1.29, 1.82) is 0 Å². The van der Waals surface area contributed by atoms with Crippen molar-refractivity contribution in [3.05, 3.63) is 59.8 Å². The van der Waals surface area contributed by atoms with Crippen molar-refractivity contribution < 1.29 is 4.79 Å². The topological polar surface area (TPSA) is 46.9 Å². The number of carbonyl (C=O) groups is 1. The maximum atomic E-state index is 12.3. The third kappa shape index (κ3) is 2.79. The monoisotopic (exact) mass is 279 g/mol. The first-order valence-electron chi connectivity index (χ1n) is 6.99. The van der Waals surface area contributed by atoms with Crippen molar-refractivity contribution in [2.75, 3.05) is 5.32 Å². The van der Waals surface area contributed by atoms with Crippen LogP contribution in [0.5, 0.6) is 0 Å². The van der Waals surface area contributed by atoms with Crippen LogP contribution in [-0.2, 0) is 13.5 Å². The molecule has 0 bridgehead atoms. The van der Waals surface area contributed by atoms with Crippen LogP contribution in [0.1, 0.15) is 22.8 Å². The number of nitrogens with zero attached hydrogens (tertiary/aromatic N) is 2. The molecule has 0 aliphatic carbocycles. The Morgan fingerprint density at radius 1 is 1.19 bits per heavy atom. The molecule has 1 heterocycles. The maximum absolute atomic E-state index is 12.3. The van der Waals surface area contributed by atoms with Crippen LogP contribution in [0.15, 0.2) is 48.7 Å². The van der Waals surface area contributed by atoms with Gasteiger partial charge >= 0.3 is 0 Å². The van der Waals surface area contributed by atoms with Crippen molar-refractivity contribution in [3.63, 3.8) is 0 Å². The molecule has 1 aromatic heterocycles. The van der Waals surface area contributed by atoms with Gasteiger partial charge in [-0.15, -0.1) is 0 Å². The summed E-state index contributed by atoms with van der Waals surface area (Å²) in [6.45, 7) is 2.11. The molecular formula is C17H17N3O. The van der Waals surface area contributed by atoms with Crippen molar-refractivity contribution in [1.82, 2.24) is 9.78 Å². The number of aromatic nitrogens is 2. The van der Waals surface area contributed by atoms with E-state index in [1.165, 1.54) is 5.56 Å². The van der Waals surface area contributed by atoms with Crippen LogP contribution in [0.3, 0.4) is 0 Å². The van der Waals surface area contributed by atoms with Crippen molar-refractivity contribution in [2.45, 2.75) is 13.3 Å². The largest absolute Gasteiger partial charge is 0.322 e. The van der Waals surface area contributed by atoms with E-state index in [9.17, 15) is 4.79 Å². The van der Waals surface area contributed by atoms with Gasteiger partial charge in [0, 0.05) is 29.9 Å². The molecule has 0 aliphatic rings. The molecule has 1 amide bonds. The lowest BCUT2D eigenvalue weighted by Gasteiger charge is -2.06. The van der Waals surface area contributed by atoms with E-state index in [4.69, 9.17) is 0 Å². The van der Waals surface area contributed by atoms with Gasteiger partial charge in [0.1, 0.15) is 0 Å². The van der Waals surface area contributed by atoms with Crippen molar-refractivity contribution in [3.8, 4) is 0 Å². The SMILES string of the molecule is CCc1ccc(NC(=O)c2ccc3cn(C)nc3c2)cc1. The number of amides is 1. The Morgan fingerprint density at radius 2 is 1.95 bits per heavy atom. The first-order chi connectivity index (χ1) is 10.2. The zero-order valence-corrected chi connectivity index (χ0v) is 12.1. The van der Waals surface area contributed by atoms with E-state index in [2.05, 4.69) is 17.3 Å². The Kier molecular flexibility index (Phi) is 3.44. The number of carbonyl (C=O) groups excluding carboxylic acids is 1. The van der Waals surface area contributed by atoms with Gasteiger partial charge in [-0.25, -0.2) is 0 Å². The molecule has 4 nitrogen and oxygen atoms in total. The highest BCUT2D eigenvalue weighted by Crippen LogP contribution is 2.16. The molecule has 0 atom stereocenters. The highest BCUT2D eigenvalue weighted by atomic mass is 16.1. The van der Waals surface area contributed by atoms with Crippen LogP contribution in [-0.4, -0.2) is 15.7 Å². The molecule has 0 aliphatic heterocycles.